The first kappa shape index (κ1) is 30.6. The molecule has 3 fully saturated rings. The first-order chi connectivity index (χ1) is 22.0. The number of benzene rings is 2. The Labute approximate surface area is 265 Å². The van der Waals surface area contributed by atoms with Gasteiger partial charge >= 0.3 is 6.01 Å². The summed E-state index contributed by atoms with van der Waals surface area (Å²) in [5.41, 5.74) is -0.231. The summed E-state index contributed by atoms with van der Waals surface area (Å²) in [6.07, 6.45) is 6.85. The summed E-state index contributed by atoms with van der Waals surface area (Å²) in [5.74, 6) is -0.107. The fourth-order valence-corrected chi connectivity index (χ4v) is 7.10. The van der Waals surface area contributed by atoms with E-state index in [1.165, 1.54) is 6.07 Å². The van der Waals surface area contributed by atoms with Gasteiger partial charge in [0.25, 0.3) is 11.8 Å². The number of aromatic nitrogens is 2. The molecule has 12 heteroatoms. The van der Waals surface area contributed by atoms with Crippen LogP contribution in [0.2, 0.25) is 0 Å². The number of phenolic OH excluding ortho intramolecular Hbond substituents is 1. The Kier molecular flexibility index (Phi) is 7.54. The van der Waals surface area contributed by atoms with Crippen LogP contribution in [0.1, 0.15) is 53.4 Å². The van der Waals surface area contributed by atoms with Crippen LogP contribution in [0.5, 0.6) is 11.8 Å². The Bertz CT molecular complexity index is 1740. The van der Waals surface area contributed by atoms with Crippen LogP contribution in [0.15, 0.2) is 30.3 Å². The zero-order chi connectivity index (χ0) is 32.3. The molecule has 1 aromatic heterocycles. The Hall–Kier alpha value is -4.05. The third-order valence-corrected chi connectivity index (χ3v) is 9.67. The van der Waals surface area contributed by atoms with E-state index < -0.39 is 16.9 Å². The fourth-order valence-electron chi connectivity index (χ4n) is 7.10. The fraction of sp³-hybridized carbons (Fsp3) is 0.500. The average Bonchev–Trinajstić information content (AvgIpc) is 3.32. The lowest BCUT2D eigenvalue weighted by atomic mass is 9.95. The highest BCUT2D eigenvalue weighted by atomic mass is 19.3. The molecule has 1 amide bonds. The van der Waals surface area contributed by atoms with Gasteiger partial charge in [-0.2, -0.15) is 9.97 Å². The third kappa shape index (κ3) is 5.61. The molecule has 4 heterocycles. The van der Waals surface area contributed by atoms with Gasteiger partial charge in [0.2, 0.25) is 0 Å². The maximum Gasteiger partial charge on any atom is 0.318 e. The number of terminal acetylenes is 1. The van der Waals surface area contributed by atoms with Gasteiger partial charge in [0, 0.05) is 55.7 Å². The van der Waals surface area contributed by atoms with Crippen molar-refractivity contribution in [1.29, 1.82) is 0 Å². The number of aliphatic hydroxyl groups is 1. The molecule has 242 valence electrons. The molecule has 0 radical (unpaired) electrons. The number of amides is 1. The first-order valence-corrected chi connectivity index (χ1v) is 15.7. The minimum Gasteiger partial charge on any atom is -0.508 e. The van der Waals surface area contributed by atoms with Crippen molar-refractivity contribution in [3.05, 3.63) is 52.7 Å². The van der Waals surface area contributed by atoms with E-state index in [4.69, 9.17) is 20.9 Å². The number of halogens is 2. The predicted molar refractivity (Wildman–Crippen MR) is 166 cm³/mol. The summed E-state index contributed by atoms with van der Waals surface area (Å²) in [7, 11) is 0. The minimum atomic E-state index is -2.86. The van der Waals surface area contributed by atoms with Gasteiger partial charge in [0.15, 0.2) is 0 Å². The number of carbonyl (C=O) groups excluding carboxylic acids is 1. The largest absolute Gasteiger partial charge is 0.508 e. The molecule has 0 bridgehead atoms. The molecular formula is C34H37F2N5O5. The molecule has 7 rings (SSSR count). The minimum absolute atomic E-state index is 0.0326. The molecule has 4 aliphatic rings. The molecule has 2 N–H and O–H groups in total. The number of β-amino-alcohol motifs (C(OH)–C–C–N with tert-alkyl or cyclic N) is 1. The van der Waals surface area contributed by atoms with Gasteiger partial charge in [-0.15, -0.1) is 6.42 Å². The smallest absolute Gasteiger partial charge is 0.318 e. The number of phenols is 1. The highest BCUT2D eigenvalue weighted by Crippen LogP contribution is 2.61. The number of hydrogen-bond donors (Lipinski definition) is 2. The normalized spacial score (nSPS) is 25.7. The summed E-state index contributed by atoms with van der Waals surface area (Å²) in [6, 6.07) is 8.26. The summed E-state index contributed by atoms with van der Waals surface area (Å²) in [4.78, 5) is 29.0. The van der Waals surface area contributed by atoms with Crippen LogP contribution in [-0.2, 0) is 17.8 Å². The first-order valence-electron chi connectivity index (χ1n) is 15.7. The maximum atomic E-state index is 14.8. The molecule has 2 saturated heterocycles. The molecule has 0 spiro atoms. The molecule has 3 aliphatic heterocycles. The predicted octanol–water partition coefficient (Wildman–Crippen LogP) is 3.56. The van der Waals surface area contributed by atoms with Crippen LogP contribution >= 0.6 is 0 Å². The van der Waals surface area contributed by atoms with Crippen LogP contribution in [-0.4, -0.2) is 100.0 Å². The lowest BCUT2D eigenvalue weighted by Gasteiger charge is -2.38. The molecule has 10 nitrogen and oxygen atoms in total. The van der Waals surface area contributed by atoms with Crippen molar-refractivity contribution in [2.45, 2.75) is 50.8 Å². The standard InChI is InChI=1S/C34H37F2N5O5/c1-3-22-6-4-7-23-14-24(42)15-25(28(22)23)30(43)41-16-26-27(17-41)37-31(38-29(26)40-9-5-8-32(2,44)19-40)46-21-33(18-34(33,35)36)20-39-10-12-45-13-11-39/h1,4,6-7,14-15,42,44H,5,8-13,16-21H2,2H3/t32-,33-/m1/s1. The van der Waals surface area contributed by atoms with Crippen molar-refractivity contribution in [3.63, 3.8) is 0 Å². The Morgan fingerprint density at radius 2 is 1.96 bits per heavy atom. The Morgan fingerprint density at radius 1 is 1.17 bits per heavy atom. The monoisotopic (exact) mass is 633 g/mol. The zero-order valence-corrected chi connectivity index (χ0v) is 25.8. The van der Waals surface area contributed by atoms with Gasteiger partial charge in [-0.25, -0.2) is 8.78 Å². The number of ether oxygens (including phenoxy) is 2. The second-order valence-corrected chi connectivity index (χ2v) is 13.3. The van der Waals surface area contributed by atoms with Gasteiger partial charge < -0.3 is 29.5 Å². The van der Waals surface area contributed by atoms with E-state index in [1.807, 2.05) is 9.80 Å². The lowest BCUT2D eigenvalue weighted by Crippen LogP contribution is -2.47. The number of nitrogens with zero attached hydrogens (tertiary/aromatic N) is 5. The Balaban J connectivity index is 1.20. The molecule has 0 unspecified atom stereocenters. The molecule has 2 atom stereocenters. The van der Waals surface area contributed by atoms with E-state index in [0.29, 0.717) is 79.2 Å². The van der Waals surface area contributed by atoms with E-state index in [1.54, 1.807) is 36.1 Å². The summed E-state index contributed by atoms with van der Waals surface area (Å²) in [5, 5.41) is 22.6. The molecular weight excluding hydrogens is 596 g/mol. The van der Waals surface area contributed by atoms with Crippen molar-refractivity contribution < 1.29 is 33.3 Å². The number of morpholine rings is 1. The molecule has 1 saturated carbocycles. The Morgan fingerprint density at radius 3 is 2.67 bits per heavy atom. The molecule has 2 aromatic carbocycles. The van der Waals surface area contributed by atoms with E-state index in [-0.39, 0.29) is 55.9 Å². The number of rotatable bonds is 7. The quantitative estimate of drug-likeness (QED) is 0.378. The average molecular weight is 634 g/mol. The summed E-state index contributed by atoms with van der Waals surface area (Å²) >= 11 is 0. The number of piperidine rings is 1. The number of carbonyl (C=O) groups is 1. The van der Waals surface area contributed by atoms with E-state index >= 15 is 0 Å². The number of alkyl halides is 2. The van der Waals surface area contributed by atoms with Gasteiger partial charge in [-0.1, -0.05) is 18.1 Å². The van der Waals surface area contributed by atoms with Crippen LogP contribution in [0.25, 0.3) is 10.8 Å². The summed E-state index contributed by atoms with van der Waals surface area (Å²) < 4.78 is 41.0. The van der Waals surface area contributed by atoms with Crippen molar-refractivity contribution >= 4 is 22.5 Å². The topological polar surface area (TPSA) is 111 Å². The number of fused-ring (bicyclic) bond motifs is 2. The van der Waals surface area contributed by atoms with Crippen molar-refractivity contribution in [1.82, 2.24) is 19.8 Å². The van der Waals surface area contributed by atoms with Crippen molar-refractivity contribution in [2.75, 3.05) is 57.4 Å². The maximum absolute atomic E-state index is 14.8. The van der Waals surface area contributed by atoms with Crippen LogP contribution < -0.4 is 9.64 Å². The number of aromatic hydroxyl groups is 1. The van der Waals surface area contributed by atoms with Gasteiger partial charge in [-0.05, 0) is 43.4 Å². The van der Waals surface area contributed by atoms with Crippen LogP contribution in [0.4, 0.5) is 14.6 Å². The second kappa shape index (κ2) is 11.3. The lowest BCUT2D eigenvalue weighted by molar-refractivity contribution is -0.0101. The van der Waals surface area contributed by atoms with E-state index in [0.717, 1.165) is 6.42 Å². The number of anilines is 1. The van der Waals surface area contributed by atoms with Crippen LogP contribution in [0, 0.1) is 17.8 Å². The summed E-state index contributed by atoms with van der Waals surface area (Å²) in [6.45, 7) is 5.14. The van der Waals surface area contributed by atoms with E-state index in [9.17, 15) is 23.8 Å². The van der Waals surface area contributed by atoms with Gasteiger partial charge in [0.1, 0.15) is 18.2 Å². The molecule has 3 aromatic rings. The van der Waals surface area contributed by atoms with E-state index in [2.05, 4.69) is 10.9 Å². The SMILES string of the molecule is C#Cc1cccc2cc(O)cc(C(=O)N3Cc4nc(OC[C@]5(CN6CCOCC6)CC5(F)F)nc(N5CCC[C@@](C)(O)C5)c4C3)c12. The molecule has 46 heavy (non-hydrogen) atoms. The van der Waals surface area contributed by atoms with Gasteiger partial charge in [0.05, 0.1) is 48.6 Å². The highest BCUT2D eigenvalue weighted by Gasteiger charge is 2.72. The third-order valence-electron chi connectivity index (χ3n) is 9.67. The van der Waals surface area contributed by atoms with Crippen molar-refractivity contribution in [2.24, 2.45) is 5.41 Å². The highest BCUT2D eigenvalue weighted by molar-refractivity contribution is 6.09. The van der Waals surface area contributed by atoms with Gasteiger partial charge in [-0.3, -0.25) is 9.69 Å². The van der Waals surface area contributed by atoms with Crippen LogP contribution in [0.3, 0.4) is 0 Å². The zero-order valence-electron chi connectivity index (χ0n) is 25.8. The second-order valence-electron chi connectivity index (χ2n) is 13.3. The number of hydrogen-bond acceptors (Lipinski definition) is 9. The van der Waals surface area contributed by atoms with Crippen molar-refractivity contribution in [3.8, 4) is 24.1 Å². The molecule has 1 aliphatic carbocycles.